The fourth-order valence-corrected chi connectivity index (χ4v) is 2.14. The molecule has 0 aliphatic rings. The highest BCUT2D eigenvalue weighted by atomic mass is 79.9. The molecule has 2 nitrogen and oxygen atoms in total. The Hall–Kier alpha value is 1.20. The van der Waals surface area contributed by atoms with E-state index >= 15 is 0 Å². The van der Waals surface area contributed by atoms with Gasteiger partial charge in [-0.25, -0.2) is 0 Å². The second-order valence-corrected chi connectivity index (χ2v) is 7.28. The molecule has 0 rings (SSSR count). The lowest BCUT2D eigenvalue weighted by atomic mass is 9.93. The lowest BCUT2D eigenvalue weighted by Gasteiger charge is -2.32. The van der Waals surface area contributed by atoms with Crippen molar-refractivity contribution in [3.63, 3.8) is 0 Å². The molecule has 6 heteroatoms. The van der Waals surface area contributed by atoms with Crippen LogP contribution in [0.25, 0.3) is 0 Å². The molecule has 0 amide bonds. The first kappa shape index (κ1) is 17.2. The van der Waals surface area contributed by atoms with E-state index in [-0.39, 0.29) is 12.3 Å². The van der Waals surface area contributed by atoms with Gasteiger partial charge in [0.2, 0.25) is 0 Å². The second-order valence-electron chi connectivity index (χ2n) is 4.15. The van der Waals surface area contributed by atoms with Crippen LogP contribution in [-0.4, -0.2) is 37.5 Å². The maximum atomic E-state index is 9.96. The number of aliphatic hydroxyl groups excluding tert-OH is 1. The zero-order valence-corrected chi connectivity index (χ0v) is 13.8. The van der Waals surface area contributed by atoms with Crippen molar-refractivity contribution in [1.29, 1.82) is 0 Å². The maximum Gasteiger partial charge on any atom is 0.0971 e. The van der Waals surface area contributed by atoms with Crippen LogP contribution in [-0.2, 0) is 0 Å². The second kappa shape index (κ2) is 6.95. The van der Waals surface area contributed by atoms with Gasteiger partial charge < -0.3 is 10.2 Å². The zero-order chi connectivity index (χ0) is 13.0. The first-order chi connectivity index (χ1) is 7.17. The summed E-state index contributed by atoms with van der Waals surface area (Å²) in [5.41, 5.74) is -1.18. The Kier molecular flexibility index (Phi) is 7.48. The van der Waals surface area contributed by atoms with Gasteiger partial charge in [-0.2, -0.15) is 0 Å². The molecule has 2 N–H and O–H groups in total. The highest BCUT2D eigenvalue weighted by Crippen LogP contribution is 2.31. The molecule has 0 aliphatic carbocycles. The number of halogens is 4. The normalized spacial score (nSPS) is 23.8. The molecule has 0 radical (unpaired) electrons. The van der Waals surface area contributed by atoms with Crippen molar-refractivity contribution >= 4 is 55.1 Å². The average molecular weight is 399 g/mol. The Labute approximate surface area is 123 Å². The Balaban J connectivity index is 4.51. The van der Waals surface area contributed by atoms with E-state index in [1.165, 1.54) is 6.08 Å². The van der Waals surface area contributed by atoms with Crippen LogP contribution in [0.1, 0.15) is 20.3 Å². The highest BCUT2D eigenvalue weighted by molar-refractivity contribution is 9.11. The molecule has 0 spiro atoms. The van der Waals surface area contributed by atoms with E-state index < -0.39 is 21.4 Å². The van der Waals surface area contributed by atoms with Gasteiger partial charge in [0.25, 0.3) is 0 Å². The largest absolute Gasteiger partial charge is 0.392 e. The molecule has 0 saturated carbocycles. The van der Waals surface area contributed by atoms with Gasteiger partial charge in [-0.3, -0.25) is 0 Å². The van der Waals surface area contributed by atoms with E-state index in [1.54, 1.807) is 18.8 Å². The molecule has 0 aliphatic heterocycles. The fourth-order valence-electron chi connectivity index (χ4n) is 1.00. The van der Waals surface area contributed by atoms with E-state index in [0.717, 1.165) is 0 Å². The van der Waals surface area contributed by atoms with Crippen molar-refractivity contribution < 1.29 is 10.2 Å². The van der Waals surface area contributed by atoms with Crippen molar-refractivity contribution in [2.45, 2.75) is 41.7 Å². The number of aliphatic hydroxyl groups is 2. The summed E-state index contributed by atoms with van der Waals surface area (Å²) in [5.74, 6) is 0.258. The molecule has 0 saturated heterocycles. The minimum atomic E-state index is -1.18. The van der Waals surface area contributed by atoms with Gasteiger partial charge in [-0.1, -0.05) is 31.9 Å². The van der Waals surface area contributed by atoms with E-state index in [2.05, 4.69) is 31.9 Å². The lowest BCUT2D eigenvalue weighted by molar-refractivity contribution is 0.0692. The third kappa shape index (κ3) is 5.23. The molecule has 16 heavy (non-hydrogen) atoms. The monoisotopic (exact) mass is 396 g/mol. The van der Waals surface area contributed by atoms with Gasteiger partial charge in [0.05, 0.1) is 21.4 Å². The SMILES string of the molecule is CC(O)(C=CBr)C(Cl)CC(O)C(C)(Br)CCl. The number of alkyl halides is 3. The minimum absolute atomic E-state index is 0.236. The summed E-state index contributed by atoms with van der Waals surface area (Å²) in [5, 5.41) is 19.3. The molecule has 0 fully saturated rings. The van der Waals surface area contributed by atoms with Gasteiger partial charge in [0.15, 0.2) is 0 Å². The smallest absolute Gasteiger partial charge is 0.0971 e. The molecular weight excluding hydrogens is 383 g/mol. The van der Waals surface area contributed by atoms with Gasteiger partial charge in [0, 0.05) is 5.88 Å². The molecule has 0 aromatic carbocycles. The summed E-state index contributed by atoms with van der Waals surface area (Å²) in [7, 11) is 0. The lowest BCUT2D eigenvalue weighted by Crippen LogP contribution is -2.42. The first-order valence-electron chi connectivity index (χ1n) is 4.74. The number of hydrogen-bond donors (Lipinski definition) is 2. The maximum absolute atomic E-state index is 9.96. The van der Waals surface area contributed by atoms with Gasteiger partial charge in [0.1, 0.15) is 0 Å². The predicted molar refractivity (Wildman–Crippen MR) is 77.0 cm³/mol. The van der Waals surface area contributed by atoms with E-state index in [0.29, 0.717) is 0 Å². The summed E-state index contributed by atoms with van der Waals surface area (Å²) in [4.78, 5) is 1.55. The van der Waals surface area contributed by atoms with Crippen LogP contribution in [0.2, 0.25) is 0 Å². The van der Waals surface area contributed by atoms with Crippen molar-refractivity contribution in [2.24, 2.45) is 0 Å². The molecule has 0 aromatic heterocycles. The van der Waals surface area contributed by atoms with Gasteiger partial charge in [-0.15, -0.1) is 23.2 Å². The third-order valence-electron chi connectivity index (χ3n) is 2.42. The number of rotatable bonds is 6. The van der Waals surface area contributed by atoms with E-state index in [4.69, 9.17) is 23.2 Å². The Morgan fingerprint density at radius 1 is 1.44 bits per heavy atom. The molecule has 0 heterocycles. The van der Waals surface area contributed by atoms with E-state index in [9.17, 15) is 10.2 Å². The summed E-state index contributed by atoms with van der Waals surface area (Å²) < 4.78 is -0.601. The standard InChI is InChI=1S/C10H16Br2Cl2O2/c1-9(12,6-13)8(15)5-7(14)10(2,16)3-4-11/h3-4,7-8,15-16H,5-6H2,1-2H3. The Morgan fingerprint density at radius 3 is 2.31 bits per heavy atom. The molecule has 4 atom stereocenters. The average Bonchev–Trinajstić information content (AvgIpc) is 2.17. The van der Waals surface area contributed by atoms with Crippen molar-refractivity contribution in [1.82, 2.24) is 0 Å². The summed E-state index contributed by atoms with van der Waals surface area (Å²) in [6.45, 7) is 3.37. The molecule has 96 valence electrons. The molecular formula is C10H16Br2Cl2O2. The number of hydrogen-bond acceptors (Lipinski definition) is 2. The van der Waals surface area contributed by atoms with Crippen molar-refractivity contribution in [3.8, 4) is 0 Å². The van der Waals surface area contributed by atoms with Crippen molar-refractivity contribution in [3.05, 3.63) is 11.1 Å². The molecule has 0 aromatic rings. The third-order valence-corrected chi connectivity index (χ3v) is 4.99. The van der Waals surface area contributed by atoms with Gasteiger partial charge in [-0.05, 0) is 31.3 Å². The summed E-state index contributed by atoms with van der Waals surface area (Å²) >= 11 is 18.2. The topological polar surface area (TPSA) is 40.5 Å². The summed E-state index contributed by atoms with van der Waals surface area (Å²) in [6.07, 6.45) is 1.03. The van der Waals surface area contributed by atoms with Crippen LogP contribution in [0.4, 0.5) is 0 Å². The Bertz CT molecular complexity index is 245. The minimum Gasteiger partial charge on any atom is -0.392 e. The quantitative estimate of drug-likeness (QED) is 0.673. The van der Waals surface area contributed by atoms with Crippen LogP contribution < -0.4 is 0 Å². The Morgan fingerprint density at radius 2 is 1.94 bits per heavy atom. The predicted octanol–water partition coefficient (Wildman–Crippen LogP) is 3.40. The van der Waals surface area contributed by atoms with Crippen LogP contribution in [0.5, 0.6) is 0 Å². The molecule has 4 unspecified atom stereocenters. The van der Waals surface area contributed by atoms with Crippen LogP contribution in [0.3, 0.4) is 0 Å². The van der Waals surface area contributed by atoms with Crippen molar-refractivity contribution in [2.75, 3.05) is 5.88 Å². The van der Waals surface area contributed by atoms with Crippen LogP contribution in [0.15, 0.2) is 11.1 Å². The van der Waals surface area contributed by atoms with E-state index in [1.807, 2.05) is 0 Å². The van der Waals surface area contributed by atoms with Crippen LogP contribution in [0, 0.1) is 0 Å². The summed E-state index contributed by atoms with van der Waals surface area (Å²) in [6, 6.07) is 0. The molecule has 0 bridgehead atoms. The highest BCUT2D eigenvalue weighted by Gasteiger charge is 2.36. The fraction of sp³-hybridized carbons (Fsp3) is 0.800. The zero-order valence-electron chi connectivity index (χ0n) is 9.13. The van der Waals surface area contributed by atoms with Crippen LogP contribution >= 0.6 is 55.1 Å². The van der Waals surface area contributed by atoms with Gasteiger partial charge >= 0.3 is 0 Å². The first-order valence-corrected chi connectivity index (χ1v) is 7.42.